The Balaban J connectivity index is 1.42. The quantitative estimate of drug-likeness (QED) is 0.499. The van der Waals surface area contributed by atoms with Gasteiger partial charge in [0.2, 0.25) is 5.95 Å². The SMILES string of the molecule is O=S(=O)(c1ccccc1)n1ccc2cnc(Nc3ccc(N4CCNCC4)cc3)nc21. The van der Waals surface area contributed by atoms with E-state index in [2.05, 4.69) is 37.6 Å². The fraction of sp³-hybridized carbons (Fsp3) is 0.182. The van der Waals surface area contributed by atoms with Gasteiger partial charge in [0.05, 0.1) is 4.90 Å². The van der Waals surface area contributed by atoms with E-state index in [1.54, 1.807) is 42.6 Å². The standard InChI is InChI=1S/C22H22N6O2S/c29-31(30,20-4-2-1-3-5-20)28-13-10-17-16-24-22(26-21(17)28)25-18-6-8-19(9-7-18)27-14-11-23-12-15-27/h1-10,13,16,23H,11-12,14-15H2,(H,24,25,26). The molecule has 2 aromatic carbocycles. The highest BCUT2D eigenvalue weighted by molar-refractivity contribution is 7.90. The number of hydrogen-bond donors (Lipinski definition) is 2. The number of benzene rings is 2. The molecule has 0 aliphatic carbocycles. The number of anilines is 3. The summed E-state index contributed by atoms with van der Waals surface area (Å²) in [6, 6.07) is 18.1. The van der Waals surface area contributed by atoms with Crippen LogP contribution in [-0.4, -0.2) is 48.5 Å². The largest absolute Gasteiger partial charge is 0.369 e. The molecule has 2 N–H and O–H groups in total. The molecule has 0 amide bonds. The van der Waals surface area contributed by atoms with Gasteiger partial charge in [-0.3, -0.25) is 0 Å². The zero-order valence-corrected chi connectivity index (χ0v) is 17.6. The normalized spacial score (nSPS) is 14.6. The van der Waals surface area contributed by atoms with Gasteiger partial charge in [-0.05, 0) is 42.5 Å². The first-order chi connectivity index (χ1) is 15.1. The summed E-state index contributed by atoms with van der Waals surface area (Å²) in [5.41, 5.74) is 2.34. The molecule has 3 heterocycles. The molecular formula is C22H22N6O2S. The van der Waals surface area contributed by atoms with Crippen molar-refractivity contribution >= 4 is 38.4 Å². The van der Waals surface area contributed by atoms with E-state index >= 15 is 0 Å². The van der Waals surface area contributed by atoms with E-state index < -0.39 is 10.0 Å². The van der Waals surface area contributed by atoms with Crippen molar-refractivity contribution < 1.29 is 8.42 Å². The van der Waals surface area contributed by atoms with Crippen LogP contribution in [0, 0.1) is 0 Å². The van der Waals surface area contributed by atoms with Crippen LogP contribution in [0.5, 0.6) is 0 Å². The van der Waals surface area contributed by atoms with Gasteiger partial charge in [0.1, 0.15) is 0 Å². The molecular weight excluding hydrogens is 412 g/mol. The van der Waals surface area contributed by atoms with Crippen LogP contribution in [0.15, 0.2) is 78.0 Å². The zero-order valence-electron chi connectivity index (χ0n) is 16.8. The van der Waals surface area contributed by atoms with E-state index in [-0.39, 0.29) is 4.90 Å². The Labute approximate surface area is 180 Å². The van der Waals surface area contributed by atoms with Crippen molar-refractivity contribution in [1.82, 2.24) is 19.3 Å². The van der Waals surface area contributed by atoms with Crippen LogP contribution in [-0.2, 0) is 10.0 Å². The summed E-state index contributed by atoms with van der Waals surface area (Å²) in [6.45, 7) is 3.94. The van der Waals surface area contributed by atoms with Crippen molar-refractivity contribution in [2.75, 3.05) is 36.4 Å². The van der Waals surface area contributed by atoms with Crippen LogP contribution in [0.25, 0.3) is 11.0 Å². The van der Waals surface area contributed by atoms with Crippen molar-refractivity contribution in [2.45, 2.75) is 4.90 Å². The topological polar surface area (TPSA) is 92.2 Å². The Kier molecular flexibility index (Phi) is 5.05. The summed E-state index contributed by atoms with van der Waals surface area (Å²) in [6.07, 6.45) is 3.13. The summed E-state index contributed by atoms with van der Waals surface area (Å²) < 4.78 is 27.3. The van der Waals surface area contributed by atoms with Crippen molar-refractivity contribution in [1.29, 1.82) is 0 Å². The molecule has 0 spiro atoms. The van der Waals surface area contributed by atoms with E-state index in [1.165, 1.54) is 15.9 Å². The molecule has 0 radical (unpaired) electrons. The van der Waals surface area contributed by atoms with Crippen LogP contribution in [0.2, 0.25) is 0 Å². The van der Waals surface area contributed by atoms with E-state index in [0.717, 1.165) is 31.9 Å². The third-order valence-electron chi connectivity index (χ3n) is 5.30. The molecule has 158 valence electrons. The van der Waals surface area contributed by atoms with E-state index in [4.69, 9.17) is 0 Å². The van der Waals surface area contributed by atoms with Gasteiger partial charge in [0, 0.05) is 55.3 Å². The predicted octanol–water partition coefficient (Wildman–Crippen LogP) is 2.82. The minimum atomic E-state index is -3.74. The van der Waals surface area contributed by atoms with Gasteiger partial charge >= 0.3 is 0 Å². The predicted molar refractivity (Wildman–Crippen MR) is 121 cm³/mol. The molecule has 1 fully saturated rings. The summed E-state index contributed by atoms with van der Waals surface area (Å²) in [4.78, 5) is 11.4. The van der Waals surface area contributed by atoms with Gasteiger partial charge < -0.3 is 15.5 Å². The lowest BCUT2D eigenvalue weighted by Crippen LogP contribution is -2.43. The fourth-order valence-corrected chi connectivity index (χ4v) is 4.99. The number of piperazine rings is 1. The molecule has 31 heavy (non-hydrogen) atoms. The first-order valence-electron chi connectivity index (χ1n) is 10.1. The van der Waals surface area contributed by atoms with Crippen molar-refractivity contribution in [2.24, 2.45) is 0 Å². The first-order valence-corrected chi connectivity index (χ1v) is 11.5. The van der Waals surface area contributed by atoms with Crippen molar-refractivity contribution in [3.05, 3.63) is 73.1 Å². The van der Waals surface area contributed by atoms with E-state index in [1.807, 2.05) is 12.1 Å². The Morgan fingerprint density at radius 2 is 1.68 bits per heavy atom. The highest BCUT2D eigenvalue weighted by atomic mass is 32.2. The Bertz CT molecular complexity index is 1300. The molecule has 0 unspecified atom stereocenters. The number of nitrogens with one attached hydrogen (secondary N) is 2. The molecule has 2 aromatic heterocycles. The molecule has 8 nitrogen and oxygen atoms in total. The third kappa shape index (κ3) is 3.85. The highest BCUT2D eigenvalue weighted by Gasteiger charge is 2.20. The second kappa shape index (κ2) is 8.01. The molecule has 9 heteroatoms. The Morgan fingerprint density at radius 1 is 0.935 bits per heavy atom. The second-order valence-corrected chi connectivity index (χ2v) is 9.13. The molecule has 4 aromatic rings. The Hall–Kier alpha value is -3.43. The first kappa shape index (κ1) is 19.5. The van der Waals surface area contributed by atoms with Gasteiger partial charge in [0.15, 0.2) is 5.65 Å². The van der Waals surface area contributed by atoms with E-state index in [9.17, 15) is 8.42 Å². The maximum absolute atomic E-state index is 13.0. The molecule has 1 saturated heterocycles. The molecule has 1 aliphatic heterocycles. The monoisotopic (exact) mass is 434 g/mol. The maximum atomic E-state index is 13.0. The Morgan fingerprint density at radius 3 is 2.42 bits per heavy atom. The summed E-state index contributed by atoms with van der Waals surface area (Å²) in [5, 5.41) is 7.18. The lowest BCUT2D eigenvalue weighted by Gasteiger charge is -2.29. The lowest BCUT2D eigenvalue weighted by atomic mass is 10.2. The lowest BCUT2D eigenvalue weighted by molar-refractivity contribution is 0.588. The summed E-state index contributed by atoms with van der Waals surface area (Å²) >= 11 is 0. The fourth-order valence-electron chi connectivity index (χ4n) is 3.66. The minimum Gasteiger partial charge on any atom is -0.369 e. The van der Waals surface area contributed by atoms with Crippen LogP contribution >= 0.6 is 0 Å². The molecule has 0 bridgehead atoms. The molecule has 0 saturated carbocycles. The average molecular weight is 435 g/mol. The van der Waals surface area contributed by atoms with Crippen LogP contribution < -0.4 is 15.5 Å². The van der Waals surface area contributed by atoms with Crippen molar-refractivity contribution in [3.63, 3.8) is 0 Å². The summed E-state index contributed by atoms with van der Waals surface area (Å²) in [5.74, 6) is 0.339. The smallest absolute Gasteiger partial charge is 0.269 e. The molecule has 5 rings (SSSR count). The van der Waals surface area contributed by atoms with Gasteiger partial charge in [-0.25, -0.2) is 17.4 Å². The van der Waals surface area contributed by atoms with Gasteiger partial charge in [-0.2, -0.15) is 4.98 Å². The number of hydrogen-bond acceptors (Lipinski definition) is 7. The number of fused-ring (bicyclic) bond motifs is 1. The average Bonchev–Trinajstić information content (AvgIpc) is 3.25. The van der Waals surface area contributed by atoms with Crippen LogP contribution in [0.3, 0.4) is 0 Å². The van der Waals surface area contributed by atoms with Crippen LogP contribution in [0.1, 0.15) is 0 Å². The number of aromatic nitrogens is 3. The highest BCUT2D eigenvalue weighted by Crippen LogP contribution is 2.23. The maximum Gasteiger partial charge on any atom is 0.269 e. The number of rotatable bonds is 5. The summed E-state index contributed by atoms with van der Waals surface area (Å²) in [7, 11) is -3.74. The van der Waals surface area contributed by atoms with Crippen molar-refractivity contribution in [3.8, 4) is 0 Å². The third-order valence-corrected chi connectivity index (χ3v) is 6.98. The second-order valence-electron chi connectivity index (χ2n) is 7.31. The van der Waals surface area contributed by atoms with Gasteiger partial charge in [-0.1, -0.05) is 18.2 Å². The number of nitrogens with zero attached hydrogens (tertiary/aromatic N) is 4. The van der Waals surface area contributed by atoms with Gasteiger partial charge in [0.25, 0.3) is 10.0 Å². The van der Waals surface area contributed by atoms with Crippen LogP contribution in [0.4, 0.5) is 17.3 Å². The molecule has 0 atom stereocenters. The zero-order chi connectivity index (χ0) is 21.3. The van der Waals surface area contributed by atoms with E-state index in [0.29, 0.717) is 17.0 Å². The molecule has 1 aliphatic rings. The minimum absolute atomic E-state index is 0.212. The van der Waals surface area contributed by atoms with Gasteiger partial charge in [-0.15, -0.1) is 0 Å².